The van der Waals surface area contributed by atoms with Crippen molar-refractivity contribution in [3.05, 3.63) is 64.9 Å². The Morgan fingerprint density at radius 2 is 2.17 bits per heavy atom. The molecule has 1 atom stereocenters. The molecule has 4 rings (SSSR count). The summed E-state index contributed by atoms with van der Waals surface area (Å²) in [6.07, 6.45) is 3.55. The maximum atomic E-state index is 13.0. The van der Waals surface area contributed by atoms with E-state index in [0.29, 0.717) is 27.2 Å². The van der Waals surface area contributed by atoms with Crippen LogP contribution in [0.4, 0.5) is 5.69 Å². The number of nitrogens with zero attached hydrogens (tertiary/aromatic N) is 2. The maximum absolute atomic E-state index is 13.0. The Bertz CT molecular complexity index is 1110. The molecule has 3 aromatic rings. The highest BCUT2D eigenvalue weighted by Crippen LogP contribution is 2.32. The average molecular weight is 428 g/mol. The second-order valence-corrected chi connectivity index (χ2v) is 8.35. The lowest BCUT2D eigenvalue weighted by molar-refractivity contribution is -0.118. The monoisotopic (exact) mass is 427 g/mol. The Balaban J connectivity index is 1.56. The number of Topliss-reactive ketones (excluding diaryl/α,β-unsaturated/α-hetero) is 1. The predicted molar refractivity (Wildman–Crippen MR) is 114 cm³/mol. The fourth-order valence-electron chi connectivity index (χ4n) is 3.10. The molecule has 1 aromatic heterocycles. The molecule has 0 saturated heterocycles. The van der Waals surface area contributed by atoms with E-state index in [1.165, 1.54) is 11.8 Å². The molecule has 0 radical (unpaired) electrons. The molecule has 1 amide bonds. The van der Waals surface area contributed by atoms with E-state index in [1.807, 2.05) is 42.8 Å². The summed E-state index contributed by atoms with van der Waals surface area (Å²) in [6.45, 7) is 3.77. The van der Waals surface area contributed by atoms with Crippen molar-refractivity contribution in [2.75, 3.05) is 11.9 Å². The summed E-state index contributed by atoms with van der Waals surface area (Å²) in [7, 11) is 0. The van der Waals surface area contributed by atoms with Gasteiger partial charge >= 0.3 is 0 Å². The van der Waals surface area contributed by atoms with Crippen molar-refractivity contribution in [2.24, 2.45) is 0 Å². The molecule has 1 N–H and O–H groups in total. The molecule has 0 saturated carbocycles. The fourth-order valence-corrected chi connectivity index (χ4v) is 4.22. The van der Waals surface area contributed by atoms with E-state index in [4.69, 9.17) is 16.3 Å². The van der Waals surface area contributed by atoms with Crippen LogP contribution < -0.4 is 10.1 Å². The van der Waals surface area contributed by atoms with Crippen LogP contribution in [0.25, 0.3) is 5.69 Å². The molecular formula is C21H18ClN3O3S. The first kappa shape index (κ1) is 19.5. The number of thioether (sulfide) groups is 1. The van der Waals surface area contributed by atoms with Crippen LogP contribution in [-0.2, 0) is 4.79 Å². The number of rotatable bonds is 5. The largest absolute Gasteiger partial charge is 0.482 e. The SMILES string of the molecule is Cc1c(Cl)cccc1-n1ccnc1SC(C)C(=O)c1ccc2c(c1)NC(=O)CO2. The summed E-state index contributed by atoms with van der Waals surface area (Å²) in [5, 5.41) is 3.72. The second-order valence-electron chi connectivity index (χ2n) is 6.64. The lowest BCUT2D eigenvalue weighted by atomic mass is 10.1. The Morgan fingerprint density at radius 3 is 3.00 bits per heavy atom. The summed E-state index contributed by atoms with van der Waals surface area (Å²) in [6, 6.07) is 10.8. The number of imidazole rings is 1. The number of hydrogen-bond acceptors (Lipinski definition) is 5. The molecule has 6 nitrogen and oxygen atoms in total. The highest BCUT2D eigenvalue weighted by molar-refractivity contribution is 8.00. The first-order chi connectivity index (χ1) is 13.9. The lowest BCUT2D eigenvalue weighted by Crippen LogP contribution is -2.25. The Kier molecular flexibility index (Phi) is 5.34. The standard InChI is InChI=1S/C21H18ClN3O3S/c1-12-15(22)4-3-5-17(12)25-9-8-23-21(25)29-13(2)20(27)14-6-7-18-16(10-14)24-19(26)11-28-18/h3-10,13H,11H2,1-2H3,(H,24,26). The number of fused-ring (bicyclic) bond motifs is 1. The molecule has 0 fully saturated rings. The minimum atomic E-state index is -0.381. The van der Waals surface area contributed by atoms with E-state index < -0.39 is 0 Å². The predicted octanol–water partition coefficient (Wildman–Crippen LogP) is 4.53. The van der Waals surface area contributed by atoms with E-state index in [-0.39, 0.29) is 23.5 Å². The number of ketones is 1. The Labute approximate surface area is 177 Å². The molecule has 1 aliphatic rings. The minimum absolute atomic E-state index is 0.0157. The molecule has 2 aromatic carbocycles. The van der Waals surface area contributed by atoms with Crippen LogP contribution in [0.1, 0.15) is 22.8 Å². The summed E-state index contributed by atoms with van der Waals surface area (Å²) in [5.41, 5.74) is 2.89. The summed E-state index contributed by atoms with van der Waals surface area (Å²) < 4.78 is 7.28. The Hall–Kier alpha value is -2.77. The first-order valence-electron chi connectivity index (χ1n) is 9.00. The molecule has 29 heavy (non-hydrogen) atoms. The van der Waals surface area contributed by atoms with Crippen molar-refractivity contribution >= 4 is 40.7 Å². The molecule has 0 aliphatic carbocycles. The third-order valence-electron chi connectivity index (χ3n) is 4.65. The lowest BCUT2D eigenvalue weighted by Gasteiger charge is -2.19. The van der Waals surface area contributed by atoms with Crippen LogP contribution in [0.2, 0.25) is 5.02 Å². The van der Waals surface area contributed by atoms with Crippen LogP contribution in [0, 0.1) is 6.92 Å². The summed E-state index contributed by atoms with van der Waals surface area (Å²) >= 11 is 7.62. The van der Waals surface area contributed by atoms with Gasteiger partial charge < -0.3 is 10.1 Å². The minimum Gasteiger partial charge on any atom is -0.482 e. The van der Waals surface area contributed by atoms with Gasteiger partial charge in [-0.25, -0.2) is 4.98 Å². The zero-order chi connectivity index (χ0) is 20.5. The van der Waals surface area contributed by atoms with Crippen LogP contribution in [0.15, 0.2) is 53.9 Å². The molecule has 8 heteroatoms. The van der Waals surface area contributed by atoms with Gasteiger partial charge in [0.15, 0.2) is 17.5 Å². The van der Waals surface area contributed by atoms with E-state index in [9.17, 15) is 9.59 Å². The van der Waals surface area contributed by atoms with Gasteiger partial charge in [-0.15, -0.1) is 0 Å². The molecule has 0 spiro atoms. The zero-order valence-corrected chi connectivity index (χ0v) is 17.4. The molecule has 2 heterocycles. The number of nitrogens with one attached hydrogen (secondary N) is 1. The van der Waals surface area contributed by atoms with Crippen LogP contribution in [0.3, 0.4) is 0 Å². The number of hydrogen-bond donors (Lipinski definition) is 1. The van der Waals surface area contributed by atoms with Gasteiger partial charge in [0.2, 0.25) is 0 Å². The molecular weight excluding hydrogens is 410 g/mol. The van der Waals surface area contributed by atoms with Gasteiger partial charge in [0.1, 0.15) is 5.75 Å². The molecule has 148 valence electrons. The molecule has 1 aliphatic heterocycles. The number of carbonyl (C=O) groups excluding carboxylic acids is 2. The molecule has 1 unspecified atom stereocenters. The quantitative estimate of drug-likeness (QED) is 0.478. The highest BCUT2D eigenvalue weighted by Gasteiger charge is 2.23. The van der Waals surface area contributed by atoms with Crippen LogP contribution >= 0.6 is 23.4 Å². The smallest absolute Gasteiger partial charge is 0.262 e. The van der Waals surface area contributed by atoms with E-state index in [0.717, 1.165) is 11.3 Å². The number of anilines is 1. The number of halogens is 1. The first-order valence-corrected chi connectivity index (χ1v) is 10.3. The van der Waals surface area contributed by atoms with Crippen molar-refractivity contribution in [1.82, 2.24) is 9.55 Å². The van der Waals surface area contributed by atoms with Crippen LogP contribution in [-0.4, -0.2) is 33.1 Å². The molecule has 0 bridgehead atoms. The number of benzene rings is 2. The highest BCUT2D eigenvalue weighted by atomic mass is 35.5. The number of carbonyl (C=O) groups is 2. The van der Waals surface area contributed by atoms with Crippen molar-refractivity contribution in [2.45, 2.75) is 24.3 Å². The topological polar surface area (TPSA) is 73.2 Å². The third kappa shape index (κ3) is 3.88. The van der Waals surface area contributed by atoms with Crippen molar-refractivity contribution in [3.63, 3.8) is 0 Å². The maximum Gasteiger partial charge on any atom is 0.262 e. The van der Waals surface area contributed by atoms with Gasteiger partial charge in [-0.3, -0.25) is 14.2 Å². The van der Waals surface area contributed by atoms with E-state index in [1.54, 1.807) is 24.4 Å². The zero-order valence-electron chi connectivity index (χ0n) is 15.8. The number of aromatic nitrogens is 2. The summed E-state index contributed by atoms with van der Waals surface area (Å²) in [4.78, 5) is 28.9. The third-order valence-corrected chi connectivity index (χ3v) is 6.14. The summed E-state index contributed by atoms with van der Waals surface area (Å²) in [5.74, 6) is 0.270. The fraction of sp³-hybridized carbons (Fsp3) is 0.190. The normalized spacial score (nSPS) is 14.0. The van der Waals surface area contributed by atoms with Crippen molar-refractivity contribution < 1.29 is 14.3 Å². The van der Waals surface area contributed by atoms with Gasteiger partial charge in [-0.1, -0.05) is 29.4 Å². The van der Waals surface area contributed by atoms with Crippen molar-refractivity contribution in [3.8, 4) is 11.4 Å². The average Bonchev–Trinajstić information content (AvgIpc) is 3.16. The number of ether oxygens (including phenoxy) is 1. The van der Waals surface area contributed by atoms with E-state index in [2.05, 4.69) is 10.3 Å². The van der Waals surface area contributed by atoms with Gasteiger partial charge in [-0.05, 0) is 49.7 Å². The Morgan fingerprint density at radius 1 is 1.34 bits per heavy atom. The number of amides is 1. The van der Waals surface area contributed by atoms with Gasteiger partial charge in [0.25, 0.3) is 5.91 Å². The second kappa shape index (κ2) is 7.93. The van der Waals surface area contributed by atoms with Crippen molar-refractivity contribution in [1.29, 1.82) is 0 Å². The van der Waals surface area contributed by atoms with E-state index >= 15 is 0 Å². The van der Waals surface area contributed by atoms with Crippen LogP contribution in [0.5, 0.6) is 5.75 Å². The van der Waals surface area contributed by atoms with Gasteiger partial charge in [0, 0.05) is 23.0 Å². The van der Waals surface area contributed by atoms with Gasteiger partial charge in [-0.2, -0.15) is 0 Å². The van der Waals surface area contributed by atoms with Gasteiger partial charge in [0.05, 0.1) is 16.6 Å².